The van der Waals surface area contributed by atoms with Gasteiger partial charge in [-0.15, -0.1) is 0 Å². The molecule has 0 aliphatic heterocycles. The van der Waals surface area contributed by atoms with Gasteiger partial charge in [-0.3, -0.25) is 4.79 Å². The van der Waals surface area contributed by atoms with Crippen LogP contribution in [0.5, 0.6) is 5.75 Å². The number of carbonyl (C=O) groups excluding carboxylic acids is 1. The van der Waals surface area contributed by atoms with E-state index >= 15 is 0 Å². The molecular formula is C16H19ClN2O3. The number of ether oxygens (including phenoxy) is 1. The summed E-state index contributed by atoms with van der Waals surface area (Å²) in [6, 6.07) is 7.10. The number of nitrogens with zero attached hydrogens (tertiary/aromatic N) is 1. The van der Waals surface area contributed by atoms with Crippen LogP contribution in [0.3, 0.4) is 0 Å². The quantitative estimate of drug-likeness (QED) is 0.879. The maximum atomic E-state index is 12.2. The van der Waals surface area contributed by atoms with E-state index < -0.39 is 0 Å². The van der Waals surface area contributed by atoms with Crippen LogP contribution in [0.15, 0.2) is 28.8 Å². The monoisotopic (exact) mass is 322 g/mol. The van der Waals surface area contributed by atoms with Crippen LogP contribution in [0.1, 0.15) is 42.1 Å². The Bertz CT molecular complexity index is 637. The van der Waals surface area contributed by atoms with Gasteiger partial charge in [0.1, 0.15) is 18.1 Å². The van der Waals surface area contributed by atoms with Gasteiger partial charge in [-0.05, 0) is 44.5 Å². The molecule has 22 heavy (non-hydrogen) atoms. The molecule has 5 nitrogen and oxygen atoms in total. The second-order valence-electron chi connectivity index (χ2n) is 5.09. The van der Waals surface area contributed by atoms with Crippen LogP contribution < -0.4 is 10.1 Å². The van der Waals surface area contributed by atoms with Crippen molar-refractivity contribution in [2.75, 3.05) is 0 Å². The van der Waals surface area contributed by atoms with Crippen molar-refractivity contribution in [1.29, 1.82) is 0 Å². The summed E-state index contributed by atoms with van der Waals surface area (Å²) in [6.07, 6.45) is 0.846. The van der Waals surface area contributed by atoms with Crippen LogP contribution in [0.25, 0.3) is 0 Å². The molecule has 2 rings (SSSR count). The van der Waals surface area contributed by atoms with Crippen LogP contribution >= 0.6 is 11.6 Å². The van der Waals surface area contributed by atoms with Crippen molar-refractivity contribution in [3.05, 3.63) is 46.3 Å². The molecule has 1 atom stereocenters. The first-order valence-electron chi connectivity index (χ1n) is 7.15. The van der Waals surface area contributed by atoms with Gasteiger partial charge in [0.15, 0.2) is 5.69 Å². The largest absolute Gasteiger partial charge is 0.489 e. The van der Waals surface area contributed by atoms with E-state index in [2.05, 4.69) is 10.5 Å². The Morgan fingerprint density at radius 1 is 1.41 bits per heavy atom. The molecule has 0 aliphatic carbocycles. The summed E-state index contributed by atoms with van der Waals surface area (Å²) in [5, 5.41) is 7.35. The van der Waals surface area contributed by atoms with Crippen LogP contribution in [0, 0.1) is 6.92 Å². The lowest BCUT2D eigenvalue weighted by Gasteiger charge is -2.11. The number of halogens is 1. The van der Waals surface area contributed by atoms with Crippen LogP contribution in [-0.4, -0.2) is 17.1 Å². The minimum atomic E-state index is -0.249. The zero-order valence-corrected chi connectivity index (χ0v) is 13.6. The molecule has 0 bridgehead atoms. The van der Waals surface area contributed by atoms with Gasteiger partial charge in [-0.1, -0.05) is 23.7 Å². The van der Waals surface area contributed by atoms with Gasteiger partial charge in [0.2, 0.25) is 0 Å². The Morgan fingerprint density at radius 3 is 2.73 bits per heavy atom. The fraction of sp³-hybridized carbons (Fsp3) is 0.375. The van der Waals surface area contributed by atoms with Gasteiger partial charge >= 0.3 is 0 Å². The second-order valence-corrected chi connectivity index (χ2v) is 5.53. The summed E-state index contributed by atoms with van der Waals surface area (Å²) >= 11 is 5.83. The number of benzene rings is 1. The number of amides is 1. The first-order chi connectivity index (χ1) is 10.5. The zero-order valence-electron chi connectivity index (χ0n) is 12.9. The minimum absolute atomic E-state index is 0.0783. The molecule has 0 radical (unpaired) electrons. The lowest BCUT2D eigenvalue weighted by Crippen LogP contribution is -2.32. The van der Waals surface area contributed by atoms with Crippen LogP contribution in [-0.2, 0) is 6.61 Å². The number of nitrogens with one attached hydrogen (secondary N) is 1. The van der Waals surface area contributed by atoms with E-state index in [9.17, 15) is 4.79 Å². The van der Waals surface area contributed by atoms with Gasteiger partial charge < -0.3 is 14.6 Å². The van der Waals surface area contributed by atoms with Gasteiger partial charge in [0, 0.05) is 11.1 Å². The molecule has 1 aromatic heterocycles. The number of hydrogen-bond donors (Lipinski definition) is 1. The number of carbonyl (C=O) groups is 1. The summed E-state index contributed by atoms with van der Waals surface area (Å²) in [5.74, 6) is 0.988. The molecule has 118 valence electrons. The van der Waals surface area contributed by atoms with E-state index in [0.717, 1.165) is 6.42 Å². The molecule has 1 aromatic carbocycles. The first-order valence-corrected chi connectivity index (χ1v) is 7.53. The van der Waals surface area contributed by atoms with Crippen molar-refractivity contribution >= 4 is 17.5 Å². The van der Waals surface area contributed by atoms with Crippen molar-refractivity contribution in [2.24, 2.45) is 0 Å². The fourth-order valence-electron chi connectivity index (χ4n) is 1.82. The lowest BCUT2D eigenvalue weighted by molar-refractivity contribution is 0.0928. The van der Waals surface area contributed by atoms with Crippen molar-refractivity contribution in [1.82, 2.24) is 10.5 Å². The molecule has 0 saturated carbocycles. The minimum Gasteiger partial charge on any atom is -0.489 e. The lowest BCUT2D eigenvalue weighted by atomic mass is 10.2. The van der Waals surface area contributed by atoms with Crippen molar-refractivity contribution in [3.8, 4) is 5.75 Å². The van der Waals surface area contributed by atoms with E-state index in [4.69, 9.17) is 20.9 Å². The summed E-state index contributed by atoms with van der Waals surface area (Å²) in [5.41, 5.74) is 0.919. The summed E-state index contributed by atoms with van der Waals surface area (Å²) < 4.78 is 10.8. The first kappa shape index (κ1) is 16.4. The molecule has 6 heteroatoms. The predicted octanol–water partition coefficient (Wildman–Crippen LogP) is 3.74. The Morgan fingerprint density at radius 2 is 2.09 bits per heavy atom. The van der Waals surface area contributed by atoms with Crippen LogP contribution in [0.4, 0.5) is 0 Å². The molecule has 2 aromatic rings. The summed E-state index contributed by atoms with van der Waals surface area (Å²) in [6.45, 7) is 5.91. The smallest absolute Gasteiger partial charge is 0.274 e. The Balaban J connectivity index is 2.09. The molecule has 0 saturated heterocycles. The Hall–Kier alpha value is -2.01. The third-order valence-electron chi connectivity index (χ3n) is 3.39. The highest BCUT2D eigenvalue weighted by molar-refractivity contribution is 6.30. The molecule has 1 N–H and O–H groups in total. The second kappa shape index (κ2) is 7.31. The van der Waals surface area contributed by atoms with Gasteiger partial charge in [0.05, 0.1) is 5.56 Å². The van der Waals surface area contributed by atoms with E-state index in [1.54, 1.807) is 31.2 Å². The van der Waals surface area contributed by atoms with E-state index in [-0.39, 0.29) is 24.2 Å². The Kier molecular flexibility index (Phi) is 5.44. The molecular weight excluding hydrogens is 304 g/mol. The van der Waals surface area contributed by atoms with E-state index in [1.807, 2.05) is 13.8 Å². The third kappa shape index (κ3) is 4.01. The summed E-state index contributed by atoms with van der Waals surface area (Å²) in [4.78, 5) is 12.2. The normalized spacial score (nSPS) is 12.0. The highest BCUT2D eigenvalue weighted by Crippen LogP contribution is 2.20. The standard InChI is InChI=1S/C16H19ClN2O3/c1-4-10(2)18-16(20)15-14(11(3)22-19-15)9-21-13-7-5-12(17)6-8-13/h5-8,10H,4,9H2,1-3H3,(H,18,20). The molecule has 0 fully saturated rings. The average Bonchev–Trinajstić information content (AvgIpc) is 2.87. The topological polar surface area (TPSA) is 64.4 Å². The average molecular weight is 323 g/mol. The fourth-order valence-corrected chi connectivity index (χ4v) is 1.95. The predicted molar refractivity (Wildman–Crippen MR) is 84.2 cm³/mol. The van der Waals surface area contributed by atoms with E-state index in [0.29, 0.717) is 22.1 Å². The molecule has 1 heterocycles. The highest BCUT2D eigenvalue weighted by Gasteiger charge is 2.21. The van der Waals surface area contributed by atoms with Crippen molar-refractivity contribution in [3.63, 3.8) is 0 Å². The molecule has 1 amide bonds. The van der Waals surface area contributed by atoms with Gasteiger partial charge in [0.25, 0.3) is 5.91 Å². The third-order valence-corrected chi connectivity index (χ3v) is 3.64. The zero-order chi connectivity index (χ0) is 16.1. The van der Waals surface area contributed by atoms with Crippen molar-refractivity contribution < 1.29 is 14.1 Å². The summed E-state index contributed by atoms with van der Waals surface area (Å²) in [7, 11) is 0. The molecule has 1 unspecified atom stereocenters. The molecule has 0 spiro atoms. The SMILES string of the molecule is CCC(C)NC(=O)c1noc(C)c1COc1ccc(Cl)cc1. The molecule has 0 aliphatic rings. The van der Waals surface area contributed by atoms with Crippen molar-refractivity contribution in [2.45, 2.75) is 39.8 Å². The van der Waals surface area contributed by atoms with Crippen LogP contribution in [0.2, 0.25) is 5.02 Å². The Labute approximate surface area is 134 Å². The maximum Gasteiger partial charge on any atom is 0.274 e. The number of aromatic nitrogens is 1. The number of hydrogen-bond acceptors (Lipinski definition) is 4. The number of aryl methyl sites for hydroxylation is 1. The van der Waals surface area contributed by atoms with Gasteiger partial charge in [-0.25, -0.2) is 0 Å². The maximum absolute atomic E-state index is 12.2. The van der Waals surface area contributed by atoms with Gasteiger partial charge in [-0.2, -0.15) is 0 Å². The number of rotatable bonds is 6. The van der Waals surface area contributed by atoms with E-state index in [1.165, 1.54) is 0 Å². The highest BCUT2D eigenvalue weighted by atomic mass is 35.5.